The normalized spacial score (nSPS) is 14.9. The molecule has 0 aliphatic carbocycles. The van der Waals surface area contributed by atoms with Crippen LogP contribution < -0.4 is 9.47 Å². The first-order valence-electron chi connectivity index (χ1n) is 10.7. The summed E-state index contributed by atoms with van der Waals surface area (Å²) in [6.07, 6.45) is 2.44. The fourth-order valence-corrected chi connectivity index (χ4v) is 4.33. The lowest BCUT2D eigenvalue weighted by Crippen LogP contribution is -2.25. The fourth-order valence-electron chi connectivity index (χ4n) is 3.54. The second kappa shape index (κ2) is 9.50. The van der Waals surface area contributed by atoms with Crippen LogP contribution >= 0.6 is 11.8 Å². The number of aromatic nitrogens is 5. The number of benzene rings is 2. The Labute approximate surface area is 195 Å². The molecule has 3 heterocycles. The molecule has 4 aromatic rings. The van der Waals surface area contributed by atoms with Gasteiger partial charge in [0, 0.05) is 12.1 Å². The van der Waals surface area contributed by atoms with Gasteiger partial charge in [0.1, 0.15) is 6.61 Å². The Bertz CT molecular complexity index is 1250. The maximum atomic E-state index is 6.12. The fraction of sp³-hybridized carbons (Fsp3) is 0.250. The van der Waals surface area contributed by atoms with Crippen LogP contribution in [0.2, 0.25) is 0 Å². The van der Waals surface area contributed by atoms with Gasteiger partial charge in [-0.3, -0.25) is 4.57 Å². The lowest BCUT2D eigenvalue weighted by atomic mass is 10.1. The Hall–Kier alpha value is -3.59. The lowest BCUT2D eigenvalue weighted by Gasteiger charge is -2.26. The second-order valence-electron chi connectivity index (χ2n) is 7.46. The highest BCUT2D eigenvalue weighted by Gasteiger charge is 2.28. The third-order valence-corrected chi connectivity index (χ3v) is 6.22. The van der Waals surface area contributed by atoms with Crippen LogP contribution in [0.5, 0.6) is 11.5 Å². The molecule has 2 aromatic carbocycles. The summed E-state index contributed by atoms with van der Waals surface area (Å²) in [5, 5.41) is 13.6. The molecule has 0 spiro atoms. The summed E-state index contributed by atoms with van der Waals surface area (Å²) < 4.78 is 19.4. The van der Waals surface area contributed by atoms with E-state index in [4.69, 9.17) is 14.0 Å². The predicted octanol–water partition coefficient (Wildman–Crippen LogP) is 4.88. The van der Waals surface area contributed by atoms with Crippen LogP contribution in [0, 0.1) is 0 Å². The number of fused-ring (bicyclic) bond motifs is 1. The van der Waals surface area contributed by atoms with Gasteiger partial charge in [0.25, 0.3) is 0 Å². The van der Waals surface area contributed by atoms with Crippen molar-refractivity contribution in [3.8, 4) is 22.9 Å². The number of allylic oxidation sites excluding steroid dienone is 1. The topological polar surface area (TPSA) is 88.1 Å². The molecular formula is C24H23N5O3S. The third kappa shape index (κ3) is 4.49. The van der Waals surface area contributed by atoms with E-state index in [0.29, 0.717) is 42.2 Å². The quantitative estimate of drug-likeness (QED) is 0.271. The smallest absolute Gasteiger partial charge is 0.237 e. The van der Waals surface area contributed by atoms with E-state index in [2.05, 4.69) is 46.0 Å². The van der Waals surface area contributed by atoms with Crippen LogP contribution in [0.25, 0.3) is 11.4 Å². The molecule has 0 saturated carbocycles. The molecule has 1 atom stereocenters. The van der Waals surface area contributed by atoms with Crippen LogP contribution in [0.3, 0.4) is 0 Å². The van der Waals surface area contributed by atoms with Crippen LogP contribution in [0.15, 0.2) is 70.9 Å². The minimum atomic E-state index is -0.359. The minimum absolute atomic E-state index is 0.359. The average molecular weight is 462 g/mol. The van der Waals surface area contributed by atoms with Crippen molar-refractivity contribution in [1.82, 2.24) is 24.9 Å². The number of para-hydroxylation sites is 2. The van der Waals surface area contributed by atoms with Gasteiger partial charge in [-0.1, -0.05) is 66.3 Å². The van der Waals surface area contributed by atoms with Gasteiger partial charge in [-0.15, -0.1) is 16.8 Å². The van der Waals surface area contributed by atoms with E-state index in [1.807, 2.05) is 41.0 Å². The van der Waals surface area contributed by atoms with Gasteiger partial charge in [-0.2, -0.15) is 4.98 Å². The van der Waals surface area contributed by atoms with Gasteiger partial charge in [0.15, 0.2) is 28.6 Å². The van der Waals surface area contributed by atoms with Crippen LogP contribution in [0.1, 0.15) is 30.3 Å². The summed E-state index contributed by atoms with van der Waals surface area (Å²) in [6.45, 7) is 6.90. The monoisotopic (exact) mass is 461 g/mol. The van der Waals surface area contributed by atoms with Gasteiger partial charge < -0.3 is 14.0 Å². The molecule has 33 heavy (non-hydrogen) atoms. The maximum absolute atomic E-state index is 6.12. The molecule has 1 unspecified atom stereocenters. The number of rotatable bonds is 8. The van der Waals surface area contributed by atoms with Crippen molar-refractivity contribution in [2.45, 2.75) is 36.9 Å². The minimum Gasteiger partial charge on any atom is -0.485 e. The molecule has 168 valence electrons. The number of thioether (sulfide) groups is 1. The molecule has 5 rings (SSSR count). The van der Waals surface area contributed by atoms with E-state index >= 15 is 0 Å². The van der Waals surface area contributed by atoms with Crippen molar-refractivity contribution in [1.29, 1.82) is 0 Å². The van der Waals surface area contributed by atoms with Gasteiger partial charge in [0.2, 0.25) is 11.7 Å². The molecular weight excluding hydrogens is 438 g/mol. The summed E-state index contributed by atoms with van der Waals surface area (Å²) in [6, 6.07) is 15.8. The van der Waals surface area contributed by atoms with Crippen molar-refractivity contribution >= 4 is 11.8 Å². The van der Waals surface area contributed by atoms with E-state index in [0.717, 1.165) is 22.9 Å². The van der Waals surface area contributed by atoms with Gasteiger partial charge in [0.05, 0.1) is 5.75 Å². The Morgan fingerprint density at radius 1 is 1.12 bits per heavy atom. The molecule has 0 saturated heterocycles. The first kappa shape index (κ1) is 21.3. The van der Waals surface area contributed by atoms with E-state index in [9.17, 15) is 0 Å². The molecule has 0 amide bonds. The van der Waals surface area contributed by atoms with E-state index < -0.39 is 0 Å². The average Bonchev–Trinajstić information content (AvgIpc) is 3.50. The maximum Gasteiger partial charge on any atom is 0.237 e. The molecule has 1 aliphatic heterocycles. The zero-order chi connectivity index (χ0) is 22.6. The molecule has 1 aliphatic rings. The molecule has 0 fully saturated rings. The van der Waals surface area contributed by atoms with Crippen LogP contribution in [0.4, 0.5) is 0 Å². The first-order valence-corrected chi connectivity index (χ1v) is 11.7. The Morgan fingerprint density at radius 3 is 2.73 bits per heavy atom. The van der Waals surface area contributed by atoms with Crippen molar-refractivity contribution < 1.29 is 14.0 Å². The number of nitrogens with zero attached hydrogens (tertiary/aromatic N) is 5. The molecule has 2 aromatic heterocycles. The Morgan fingerprint density at radius 2 is 1.94 bits per heavy atom. The lowest BCUT2D eigenvalue weighted by molar-refractivity contribution is 0.0821. The van der Waals surface area contributed by atoms with Crippen molar-refractivity contribution in [3.05, 3.63) is 78.5 Å². The molecule has 9 heteroatoms. The highest BCUT2D eigenvalue weighted by molar-refractivity contribution is 7.98. The standard InChI is InChI=1S/C24H23N5O3S/c1-3-13-29-23(20-14-30-18-7-5-6-8-19(18)31-20)26-27-24(29)33-15-21-25-22(28-32-21)17-11-9-16(4-2)10-12-17/h3,5-12,20H,1,4,13-15H2,2H3. The highest BCUT2D eigenvalue weighted by atomic mass is 32.2. The Balaban J connectivity index is 1.30. The molecule has 0 bridgehead atoms. The molecule has 0 radical (unpaired) electrons. The van der Waals surface area contributed by atoms with Crippen molar-refractivity contribution in [2.75, 3.05) is 6.61 Å². The number of aryl methyl sites for hydroxylation is 1. The van der Waals surface area contributed by atoms with E-state index in [1.165, 1.54) is 17.3 Å². The van der Waals surface area contributed by atoms with Gasteiger partial charge in [-0.05, 0) is 24.1 Å². The summed E-state index contributed by atoms with van der Waals surface area (Å²) in [7, 11) is 0. The highest BCUT2D eigenvalue weighted by Crippen LogP contribution is 2.36. The zero-order valence-electron chi connectivity index (χ0n) is 18.2. The number of hydrogen-bond acceptors (Lipinski definition) is 8. The Kier molecular flexibility index (Phi) is 6.12. The van der Waals surface area contributed by atoms with Crippen molar-refractivity contribution in [3.63, 3.8) is 0 Å². The predicted molar refractivity (Wildman–Crippen MR) is 124 cm³/mol. The summed E-state index contributed by atoms with van der Waals surface area (Å²) in [4.78, 5) is 4.53. The summed E-state index contributed by atoms with van der Waals surface area (Å²) in [5.74, 6) is 3.69. The van der Waals surface area contributed by atoms with Crippen LogP contribution in [-0.2, 0) is 18.7 Å². The second-order valence-corrected chi connectivity index (χ2v) is 8.40. The molecule has 0 N–H and O–H groups in total. The van der Waals surface area contributed by atoms with Gasteiger partial charge >= 0.3 is 0 Å². The number of hydrogen-bond donors (Lipinski definition) is 0. The van der Waals surface area contributed by atoms with E-state index in [-0.39, 0.29) is 6.10 Å². The largest absolute Gasteiger partial charge is 0.485 e. The molecule has 8 nitrogen and oxygen atoms in total. The zero-order valence-corrected chi connectivity index (χ0v) is 19.0. The first-order chi connectivity index (χ1) is 16.2. The van der Waals surface area contributed by atoms with Crippen LogP contribution in [-0.4, -0.2) is 31.5 Å². The van der Waals surface area contributed by atoms with Gasteiger partial charge in [-0.25, -0.2) is 0 Å². The SMILES string of the molecule is C=CCn1c(SCc2nc(-c3ccc(CC)cc3)no2)nnc1C1COc2ccccc2O1. The summed E-state index contributed by atoms with van der Waals surface area (Å²) >= 11 is 1.47. The number of ether oxygens (including phenoxy) is 2. The van der Waals surface area contributed by atoms with E-state index in [1.54, 1.807) is 6.08 Å². The summed E-state index contributed by atoms with van der Waals surface area (Å²) in [5.41, 5.74) is 2.20. The third-order valence-electron chi connectivity index (χ3n) is 5.27. The van der Waals surface area contributed by atoms with Crippen molar-refractivity contribution in [2.24, 2.45) is 0 Å².